The molecular formula is C25H25N3O4. The van der Waals surface area contributed by atoms with Crippen LogP contribution in [0.15, 0.2) is 66.0 Å². The van der Waals surface area contributed by atoms with Gasteiger partial charge in [-0.1, -0.05) is 18.2 Å². The summed E-state index contributed by atoms with van der Waals surface area (Å²) in [6.07, 6.45) is 3.93. The Kier molecular flexibility index (Phi) is 5.31. The number of benzene rings is 2. The molecule has 7 heteroatoms. The van der Waals surface area contributed by atoms with E-state index in [9.17, 15) is 0 Å². The zero-order valence-corrected chi connectivity index (χ0v) is 18.3. The molecule has 3 heterocycles. The van der Waals surface area contributed by atoms with Crippen LogP contribution >= 0.6 is 0 Å². The average molecular weight is 431 g/mol. The van der Waals surface area contributed by atoms with Crippen LogP contribution in [0.25, 0.3) is 0 Å². The number of rotatable bonds is 6. The molecule has 2 aliphatic heterocycles. The summed E-state index contributed by atoms with van der Waals surface area (Å²) < 4.78 is 23.4. The molecule has 32 heavy (non-hydrogen) atoms. The third-order valence-electron chi connectivity index (χ3n) is 5.77. The first-order valence-corrected chi connectivity index (χ1v) is 10.6. The molecule has 164 valence electrons. The third-order valence-corrected chi connectivity index (χ3v) is 5.77. The highest BCUT2D eigenvalue weighted by Crippen LogP contribution is 2.51. The molecule has 0 fully saturated rings. The standard InChI is InChI=1S/C25H25N3O4/c1-4-31-22-9-5-8-18-20-14-19(17-7-6-12-26-15-17)27-28(20)25(32-24(18)22)16-10-11-21(29-2)23(13-16)30-3/h5-13,15,20,25H,4,14H2,1-3H3/t20-,25-/m1/s1. The van der Waals surface area contributed by atoms with E-state index < -0.39 is 6.23 Å². The second-order valence-electron chi connectivity index (χ2n) is 7.58. The minimum Gasteiger partial charge on any atom is -0.493 e. The van der Waals surface area contributed by atoms with Crippen molar-refractivity contribution >= 4 is 5.71 Å². The summed E-state index contributed by atoms with van der Waals surface area (Å²) in [5.41, 5.74) is 3.97. The maximum Gasteiger partial charge on any atom is 0.214 e. The van der Waals surface area contributed by atoms with Gasteiger partial charge in [0.25, 0.3) is 0 Å². The molecule has 2 atom stereocenters. The number of ether oxygens (including phenoxy) is 4. The van der Waals surface area contributed by atoms with Gasteiger partial charge in [-0.05, 0) is 37.3 Å². The van der Waals surface area contributed by atoms with Crippen molar-refractivity contribution in [2.45, 2.75) is 25.6 Å². The Bertz CT molecular complexity index is 1150. The van der Waals surface area contributed by atoms with Crippen molar-refractivity contribution in [1.29, 1.82) is 0 Å². The van der Waals surface area contributed by atoms with Crippen LogP contribution in [0.3, 0.4) is 0 Å². The van der Waals surface area contributed by atoms with Gasteiger partial charge >= 0.3 is 0 Å². The number of hydrogen-bond donors (Lipinski definition) is 0. The van der Waals surface area contributed by atoms with E-state index in [2.05, 4.69) is 11.1 Å². The van der Waals surface area contributed by atoms with Crippen LogP contribution in [0.1, 0.15) is 42.3 Å². The maximum absolute atomic E-state index is 6.55. The van der Waals surface area contributed by atoms with Gasteiger partial charge in [-0.2, -0.15) is 5.10 Å². The first-order valence-electron chi connectivity index (χ1n) is 10.6. The molecule has 0 amide bonds. The maximum atomic E-state index is 6.55. The van der Waals surface area contributed by atoms with Crippen LogP contribution in [0.4, 0.5) is 0 Å². The second-order valence-corrected chi connectivity index (χ2v) is 7.58. The van der Waals surface area contributed by atoms with Gasteiger partial charge < -0.3 is 18.9 Å². The summed E-state index contributed by atoms with van der Waals surface area (Å²) in [7, 11) is 3.25. The monoisotopic (exact) mass is 431 g/mol. The van der Waals surface area contributed by atoms with Gasteiger partial charge in [-0.3, -0.25) is 4.98 Å². The van der Waals surface area contributed by atoms with E-state index in [-0.39, 0.29) is 6.04 Å². The summed E-state index contributed by atoms with van der Waals surface area (Å²) in [6, 6.07) is 15.8. The first kappa shape index (κ1) is 20.2. The SMILES string of the molecule is CCOc1cccc2c1O[C@H](c1ccc(OC)c(OC)c1)N1N=C(c3cccnc3)C[C@H]21. The summed E-state index contributed by atoms with van der Waals surface area (Å²) in [6.45, 7) is 2.53. The molecule has 0 spiro atoms. The average Bonchev–Trinajstić information content (AvgIpc) is 3.30. The molecule has 7 nitrogen and oxygen atoms in total. The number of hydrogen-bond acceptors (Lipinski definition) is 7. The lowest BCUT2D eigenvalue weighted by atomic mass is 9.96. The number of methoxy groups -OCH3 is 2. The fraction of sp³-hybridized carbons (Fsp3) is 0.280. The summed E-state index contributed by atoms with van der Waals surface area (Å²) in [5.74, 6) is 2.81. The fourth-order valence-electron chi connectivity index (χ4n) is 4.29. The fourth-order valence-corrected chi connectivity index (χ4v) is 4.29. The number of aromatic nitrogens is 1. The molecule has 3 aromatic rings. The third kappa shape index (κ3) is 3.39. The quantitative estimate of drug-likeness (QED) is 0.562. The van der Waals surface area contributed by atoms with Gasteiger partial charge in [0, 0.05) is 35.5 Å². The molecule has 1 aromatic heterocycles. The summed E-state index contributed by atoms with van der Waals surface area (Å²) in [5, 5.41) is 7.01. The number of pyridine rings is 1. The molecule has 0 N–H and O–H groups in total. The highest BCUT2D eigenvalue weighted by molar-refractivity contribution is 6.01. The lowest BCUT2D eigenvalue weighted by Gasteiger charge is -2.38. The van der Waals surface area contributed by atoms with E-state index in [1.807, 2.05) is 60.6 Å². The first-order chi connectivity index (χ1) is 15.7. The Hall–Kier alpha value is -3.74. The molecule has 2 aromatic carbocycles. The van der Waals surface area contributed by atoms with Crippen LogP contribution in [-0.4, -0.2) is 36.5 Å². The molecule has 2 aliphatic rings. The Morgan fingerprint density at radius 2 is 1.91 bits per heavy atom. The Labute approximate surface area is 187 Å². The second kappa shape index (κ2) is 8.42. The van der Waals surface area contributed by atoms with Crippen molar-refractivity contribution in [3.63, 3.8) is 0 Å². The Morgan fingerprint density at radius 1 is 1.03 bits per heavy atom. The highest BCUT2D eigenvalue weighted by atomic mass is 16.5. The minimum atomic E-state index is -0.442. The van der Waals surface area contributed by atoms with Crippen LogP contribution in [0, 0.1) is 0 Å². The van der Waals surface area contributed by atoms with Gasteiger partial charge in [0.1, 0.15) is 0 Å². The van der Waals surface area contributed by atoms with Crippen molar-refractivity contribution in [3.8, 4) is 23.0 Å². The Morgan fingerprint density at radius 3 is 2.66 bits per heavy atom. The minimum absolute atomic E-state index is 0.0208. The van der Waals surface area contributed by atoms with Crippen molar-refractivity contribution in [2.75, 3.05) is 20.8 Å². The Balaban J connectivity index is 1.62. The van der Waals surface area contributed by atoms with Crippen LogP contribution in [-0.2, 0) is 0 Å². The molecule has 0 aliphatic carbocycles. The molecule has 0 unspecified atom stereocenters. The van der Waals surface area contributed by atoms with Crippen LogP contribution in [0.2, 0.25) is 0 Å². The molecule has 5 rings (SSSR count). The predicted molar refractivity (Wildman–Crippen MR) is 120 cm³/mol. The predicted octanol–water partition coefficient (Wildman–Crippen LogP) is 4.74. The lowest BCUT2D eigenvalue weighted by molar-refractivity contribution is -0.0213. The molecule has 0 radical (unpaired) electrons. The van der Waals surface area contributed by atoms with Crippen molar-refractivity contribution in [2.24, 2.45) is 5.10 Å². The van der Waals surface area contributed by atoms with Crippen LogP contribution in [0.5, 0.6) is 23.0 Å². The topological polar surface area (TPSA) is 65.4 Å². The normalized spacial score (nSPS) is 18.8. The van der Waals surface area contributed by atoms with Gasteiger partial charge in [0.05, 0.1) is 32.6 Å². The summed E-state index contributed by atoms with van der Waals surface area (Å²) in [4.78, 5) is 4.27. The lowest BCUT2D eigenvalue weighted by Crippen LogP contribution is -2.34. The molecule has 0 saturated heterocycles. The van der Waals surface area contributed by atoms with Crippen molar-refractivity contribution < 1.29 is 18.9 Å². The van der Waals surface area contributed by atoms with E-state index in [4.69, 9.17) is 24.0 Å². The van der Waals surface area contributed by atoms with Gasteiger partial charge in [-0.15, -0.1) is 0 Å². The van der Waals surface area contributed by atoms with E-state index in [1.54, 1.807) is 20.4 Å². The summed E-state index contributed by atoms with van der Waals surface area (Å²) >= 11 is 0. The highest BCUT2D eigenvalue weighted by Gasteiger charge is 2.42. The van der Waals surface area contributed by atoms with E-state index >= 15 is 0 Å². The van der Waals surface area contributed by atoms with Crippen LogP contribution < -0.4 is 18.9 Å². The van der Waals surface area contributed by atoms with Gasteiger partial charge in [0.15, 0.2) is 23.0 Å². The molecular weight excluding hydrogens is 406 g/mol. The molecule has 0 bridgehead atoms. The number of fused-ring (bicyclic) bond motifs is 3. The number of para-hydroxylation sites is 1. The largest absolute Gasteiger partial charge is 0.493 e. The number of hydrazone groups is 1. The van der Waals surface area contributed by atoms with Crippen molar-refractivity contribution in [3.05, 3.63) is 77.6 Å². The zero-order chi connectivity index (χ0) is 22.1. The van der Waals surface area contributed by atoms with E-state index in [0.717, 1.165) is 40.3 Å². The number of nitrogens with zero attached hydrogens (tertiary/aromatic N) is 3. The zero-order valence-electron chi connectivity index (χ0n) is 18.3. The van der Waals surface area contributed by atoms with E-state index in [1.165, 1.54) is 0 Å². The van der Waals surface area contributed by atoms with Gasteiger partial charge in [-0.25, -0.2) is 5.01 Å². The van der Waals surface area contributed by atoms with E-state index in [0.29, 0.717) is 18.1 Å². The smallest absolute Gasteiger partial charge is 0.214 e. The molecule has 0 saturated carbocycles. The van der Waals surface area contributed by atoms with Crippen molar-refractivity contribution in [1.82, 2.24) is 9.99 Å². The van der Waals surface area contributed by atoms with Gasteiger partial charge in [0.2, 0.25) is 6.23 Å².